The summed E-state index contributed by atoms with van der Waals surface area (Å²) < 4.78 is 53.8. The highest BCUT2D eigenvalue weighted by molar-refractivity contribution is 7.89. The van der Waals surface area contributed by atoms with Crippen molar-refractivity contribution >= 4 is 21.9 Å². The molecule has 1 aliphatic rings. The quantitative estimate of drug-likeness (QED) is 0.557. The van der Waals surface area contributed by atoms with Crippen LogP contribution in [0.1, 0.15) is 20.7 Å². The van der Waals surface area contributed by atoms with E-state index in [0.29, 0.717) is 24.7 Å². The second-order valence-electron chi connectivity index (χ2n) is 5.55. The first-order valence-electron chi connectivity index (χ1n) is 7.91. The summed E-state index contributed by atoms with van der Waals surface area (Å²) in [7, 11) is -3.39. The largest absolute Gasteiger partial charge is 0.486 e. The van der Waals surface area contributed by atoms with Crippen molar-refractivity contribution in [2.45, 2.75) is 4.90 Å². The molecule has 2 aromatic rings. The van der Waals surface area contributed by atoms with Gasteiger partial charge in [-0.3, -0.25) is 10.2 Å². The van der Waals surface area contributed by atoms with Crippen LogP contribution in [0.4, 0.5) is 4.39 Å². The second kappa shape index (κ2) is 7.82. The van der Waals surface area contributed by atoms with Gasteiger partial charge in [-0.2, -0.15) is 0 Å². The van der Waals surface area contributed by atoms with Crippen LogP contribution in [0.25, 0.3) is 0 Å². The minimum atomic E-state index is -4.50. The minimum Gasteiger partial charge on any atom is -0.486 e. The van der Waals surface area contributed by atoms with Gasteiger partial charge in [-0.1, -0.05) is 0 Å². The molecule has 3 rings (SSSR count). The van der Waals surface area contributed by atoms with Crippen LogP contribution >= 0.6 is 0 Å². The van der Waals surface area contributed by atoms with Gasteiger partial charge in [-0.05, 0) is 36.4 Å². The maximum Gasteiger partial charge on any atom is 0.337 e. The summed E-state index contributed by atoms with van der Waals surface area (Å²) in [5.74, 6) is -1.93. The molecule has 0 unspecified atom stereocenters. The molecule has 0 aromatic heterocycles. The predicted molar refractivity (Wildman–Crippen MR) is 93.0 cm³/mol. The van der Waals surface area contributed by atoms with Crippen molar-refractivity contribution in [3.05, 3.63) is 53.3 Å². The number of hydrazine groups is 1. The number of hydrogen-bond donors (Lipinski definition) is 2. The van der Waals surface area contributed by atoms with Crippen LogP contribution in [0.2, 0.25) is 0 Å². The normalized spacial score (nSPS) is 12.9. The number of esters is 1. The van der Waals surface area contributed by atoms with Gasteiger partial charge < -0.3 is 14.2 Å². The van der Waals surface area contributed by atoms with Crippen LogP contribution in [-0.2, 0) is 14.8 Å². The summed E-state index contributed by atoms with van der Waals surface area (Å²) >= 11 is 0. The summed E-state index contributed by atoms with van der Waals surface area (Å²) in [6, 6.07) is 7.00. The molecule has 28 heavy (non-hydrogen) atoms. The molecule has 0 spiro atoms. The topological polar surface area (TPSA) is 120 Å². The molecule has 2 N–H and O–H groups in total. The van der Waals surface area contributed by atoms with E-state index in [0.717, 1.165) is 25.3 Å². The Bertz CT molecular complexity index is 1040. The smallest absolute Gasteiger partial charge is 0.337 e. The van der Waals surface area contributed by atoms with Crippen LogP contribution in [0, 0.1) is 5.82 Å². The van der Waals surface area contributed by atoms with Crippen LogP contribution in [0.15, 0.2) is 41.3 Å². The third-order valence-electron chi connectivity index (χ3n) is 3.75. The molecule has 0 fully saturated rings. The molecule has 11 heteroatoms. The van der Waals surface area contributed by atoms with Gasteiger partial charge in [0.2, 0.25) is 0 Å². The number of fused-ring (bicyclic) bond motifs is 1. The van der Waals surface area contributed by atoms with Gasteiger partial charge >= 0.3 is 5.97 Å². The third kappa shape index (κ3) is 4.05. The zero-order valence-electron chi connectivity index (χ0n) is 14.5. The lowest BCUT2D eigenvalue weighted by atomic mass is 10.2. The Morgan fingerprint density at radius 3 is 2.43 bits per heavy atom. The number of carbonyl (C=O) groups is 2. The Morgan fingerprint density at radius 2 is 1.71 bits per heavy atom. The Hall–Kier alpha value is -3.18. The zero-order chi connectivity index (χ0) is 20.3. The molecule has 148 valence electrons. The van der Waals surface area contributed by atoms with Gasteiger partial charge in [0.05, 0.1) is 12.7 Å². The monoisotopic (exact) mass is 410 g/mol. The molecule has 0 radical (unpaired) electrons. The van der Waals surface area contributed by atoms with Crippen LogP contribution < -0.4 is 19.7 Å². The van der Waals surface area contributed by atoms with Crippen molar-refractivity contribution < 1.29 is 36.6 Å². The van der Waals surface area contributed by atoms with E-state index in [1.165, 1.54) is 18.2 Å². The van der Waals surface area contributed by atoms with Crippen molar-refractivity contribution in [3.8, 4) is 11.5 Å². The fourth-order valence-corrected chi connectivity index (χ4v) is 3.32. The Balaban J connectivity index is 1.76. The van der Waals surface area contributed by atoms with E-state index >= 15 is 0 Å². The van der Waals surface area contributed by atoms with E-state index in [4.69, 9.17) is 9.47 Å². The average Bonchev–Trinajstić information content (AvgIpc) is 2.71. The van der Waals surface area contributed by atoms with Gasteiger partial charge in [0, 0.05) is 5.56 Å². The average molecular weight is 410 g/mol. The number of hydrogen-bond acceptors (Lipinski definition) is 7. The van der Waals surface area contributed by atoms with Crippen molar-refractivity contribution in [1.29, 1.82) is 0 Å². The summed E-state index contributed by atoms with van der Waals surface area (Å²) in [6.07, 6.45) is 0. The zero-order valence-corrected chi connectivity index (χ0v) is 15.3. The molecule has 0 saturated heterocycles. The number of benzene rings is 2. The number of rotatable bonds is 5. The number of methoxy groups -OCH3 is 1. The number of ether oxygens (including phenoxy) is 3. The van der Waals surface area contributed by atoms with E-state index in [1.807, 2.05) is 5.43 Å². The fourth-order valence-electron chi connectivity index (χ4n) is 2.38. The van der Waals surface area contributed by atoms with E-state index in [2.05, 4.69) is 4.74 Å². The van der Waals surface area contributed by atoms with E-state index in [9.17, 15) is 22.4 Å². The molecular weight excluding hydrogens is 395 g/mol. The van der Waals surface area contributed by atoms with E-state index < -0.39 is 32.6 Å². The Kier molecular flexibility index (Phi) is 5.47. The number of sulfonamides is 1. The Labute approximate surface area is 159 Å². The standard InChI is InChI=1S/C17H15FN2O7S/c1-25-17(22)11-2-4-12(18)15(9-11)28(23,24)20-19-16(21)10-3-5-13-14(8-10)27-7-6-26-13/h2-5,8-9,20H,6-7H2,1H3,(H,19,21). The van der Waals surface area contributed by atoms with E-state index in [-0.39, 0.29) is 11.1 Å². The Morgan fingerprint density at radius 1 is 1.04 bits per heavy atom. The third-order valence-corrected chi connectivity index (χ3v) is 5.01. The van der Waals surface area contributed by atoms with Crippen LogP contribution in [0.3, 0.4) is 0 Å². The van der Waals surface area contributed by atoms with Gasteiger partial charge in [-0.25, -0.2) is 17.6 Å². The maximum atomic E-state index is 14.0. The fraction of sp³-hybridized carbons (Fsp3) is 0.176. The lowest BCUT2D eigenvalue weighted by molar-refractivity contribution is 0.0600. The maximum absolute atomic E-state index is 14.0. The highest BCUT2D eigenvalue weighted by Crippen LogP contribution is 2.30. The summed E-state index contributed by atoms with van der Waals surface area (Å²) in [5, 5.41) is 0. The number of nitrogens with one attached hydrogen (secondary N) is 2. The molecule has 1 aliphatic heterocycles. The lowest BCUT2D eigenvalue weighted by Crippen LogP contribution is -2.41. The van der Waals surface area contributed by atoms with Crippen molar-refractivity contribution in [1.82, 2.24) is 10.3 Å². The molecule has 0 saturated carbocycles. The van der Waals surface area contributed by atoms with Gasteiger partial charge in [0.1, 0.15) is 23.9 Å². The number of amides is 1. The van der Waals surface area contributed by atoms with E-state index in [1.54, 1.807) is 4.83 Å². The van der Waals surface area contributed by atoms with Crippen LogP contribution in [0.5, 0.6) is 11.5 Å². The molecular formula is C17H15FN2O7S. The summed E-state index contributed by atoms with van der Waals surface area (Å²) in [5.41, 5.74) is 1.91. The highest BCUT2D eigenvalue weighted by Gasteiger charge is 2.23. The summed E-state index contributed by atoms with van der Waals surface area (Å²) in [6.45, 7) is 0.703. The molecule has 0 bridgehead atoms. The van der Waals surface area contributed by atoms with Gasteiger partial charge in [0.15, 0.2) is 11.5 Å². The molecule has 2 aromatic carbocycles. The number of carbonyl (C=O) groups excluding carboxylic acids is 2. The molecule has 9 nitrogen and oxygen atoms in total. The van der Waals surface area contributed by atoms with Gasteiger partial charge in [0.25, 0.3) is 15.9 Å². The first-order valence-corrected chi connectivity index (χ1v) is 9.40. The van der Waals surface area contributed by atoms with Crippen molar-refractivity contribution in [2.24, 2.45) is 0 Å². The van der Waals surface area contributed by atoms with Crippen molar-refractivity contribution in [2.75, 3.05) is 20.3 Å². The van der Waals surface area contributed by atoms with Crippen molar-refractivity contribution in [3.63, 3.8) is 0 Å². The predicted octanol–water partition coefficient (Wildman–Crippen LogP) is 1.01. The first-order chi connectivity index (χ1) is 13.3. The lowest BCUT2D eigenvalue weighted by Gasteiger charge is -2.18. The summed E-state index contributed by atoms with van der Waals surface area (Å²) in [4.78, 5) is 24.7. The molecule has 1 amide bonds. The molecule has 1 heterocycles. The molecule has 0 aliphatic carbocycles. The SMILES string of the molecule is COC(=O)c1ccc(F)c(S(=O)(=O)NNC(=O)c2ccc3c(c2)OCCO3)c1. The van der Waals surface area contributed by atoms with Gasteiger partial charge in [-0.15, -0.1) is 4.83 Å². The van der Waals surface area contributed by atoms with Crippen LogP contribution in [-0.4, -0.2) is 40.6 Å². The second-order valence-corrected chi connectivity index (χ2v) is 7.21. The highest BCUT2D eigenvalue weighted by atomic mass is 32.2. The number of halogens is 1. The first kappa shape index (κ1) is 19.6. The minimum absolute atomic E-state index is 0.0933. The molecule has 0 atom stereocenters.